The summed E-state index contributed by atoms with van der Waals surface area (Å²) in [6, 6.07) is 4.81. The van der Waals surface area contributed by atoms with Crippen LogP contribution in [0.5, 0.6) is 0 Å². The van der Waals surface area contributed by atoms with E-state index in [2.05, 4.69) is 25.6 Å². The molecule has 0 bridgehead atoms. The van der Waals surface area contributed by atoms with E-state index in [4.69, 9.17) is 0 Å². The van der Waals surface area contributed by atoms with Gasteiger partial charge in [-0.25, -0.2) is 23.2 Å². The van der Waals surface area contributed by atoms with Crippen LogP contribution in [0.2, 0.25) is 0 Å². The van der Waals surface area contributed by atoms with Crippen molar-refractivity contribution in [3.63, 3.8) is 0 Å². The minimum absolute atomic E-state index is 0.00181. The average molecular weight is 474 g/mol. The van der Waals surface area contributed by atoms with Gasteiger partial charge >= 0.3 is 6.03 Å². The van der Waals surface area contributed by atoms with E-state index in [0.29, 0.717) is 16.1 Å². The Kier molecular flexibility index (Phi) is 6.38. The highest BCUT2D eigenvalue weighted by Crippen LogP contribution is 2.31. The van der Waals surface area contributed by atoms with Crippen molar-refractivity contribution in [2.45, 2.75) is 43.5 Å². The summed E-state index contributed by atoms with van der Waals surface area (Å²) in [7, 11) is -3.62. The third-order valence-corrected chi connectivity index (χ3v) is 7.89. The molecule has 0 spiro atoms. The van der Waals surface area contributed by atoms with Crippen molar-refractivity contribution in [2.24, 2.45) is 5.92 Å². The van der Waals surface area contributed by atoms with Crippen molar-refractivity contribution < 1.29 is 18.0 Å². The van der Waals surface area contributed by atoms with E-state index in [0.717, 1.165) is 42.6 Å². The lowest BCUT2D eigenvalue weighted by atomic mass is 9.94. The van der Waals surface area contributed by atoms with Gasteiger partial charge in [-0.15, -0.1) is 11.3 Å². The predicted molar refractivity (Wildman–Crippen MR) is 122 cm³/mol. The van der Waals surface area contributed by atoms with Crippen LogP contribution in [-0.4, -0.2) is 35.2 Å². The zero-order chi connectivity index (χ0) is 22.7. The van der Waals surface area contributed by atoms with E-state index in [1.807, 2.05) is 13.0 Å². The first-order valence-electron chi connectivity index (χ1n) is 10.2. The Morgan fingerprint density at radius 1 is 1.19 bits per heavy atom. The number of ketones is 1. The number of nitrogens with one attached hydrogen (secondary N) is 3. The molecule has 0 atom stereocenters. The second-order valence-corrected chi connectivity index (χ2v) is 10.8. The predicted octanol–water partition coefficient (Wildman–Crippen LogP) is 4.17. The molecule has 1 aromatic carbocycles. The lowest BCUT2D eigenvalue weighted by molar-refractivity contribution is 0.0923. The molecule has 1 aliphatic rings. The van der Waals surface area contributed by atoms with Gasteiger partial charge in [0.2, 0.25) is 15.0 Å². The Balaban J connectivity index is 1.43. The first-order valence-corrected chi connectivity index (χ1v) is 12.7. The maximum atomic E-state index is 12.9. The van der Waals surface area contributed by atoms with E-state index in [-0.39, 0.29) is 27.7 Å². The number of Topliss-reactive ketones (excluding diaryl/α,β-unsaturated/α-hetero) is 1. The number of carbonyl (C=O) groups is 2. The maximum Gasteiger partial charge on any atom is 0.325 e. The van der Waals surface area contributed by atoms with Crippen LogP contribution in [0, 0.1) is 12.8 Å². The molecule has 2 heterocycles. The molecule has 11 heteroatoms. The average Bonchev–Trinajstić information content (AvgIpc) is 3.51. The molecule has 1 saturated carbocycles. The molecule has 168 valence electrons. The molecule has 32 heavy (non-hydrogen) atoms. The van der Waals surface area contributed by atoms with Crippen molar-refractivity contribution in [2.75, 3.05) is 10.6 Å². The Bertz CT molecular complexity index is 1230. The number of benzene rings is 1. The number of imidazole rings is 1. The molecule has 9 nitrogen and oxygen atoms in total. The number of aromatic nitrogens is 3. The molecular weight excluding hydrogens is 450 g/mol. The number of hydrogen-bond donors (Lipinski definition) is 3. The molecule has 2 amide bonds. The number of carbonyl (C=O) groups excluding carboxylic acids is 2. The standard InChI is InChI=1S/C21H23N5O4S2/c1-13-6-7-17(16(10-13)18(27)14-4-2-3-5-14)25-19(28)26-20-24-11-15(31-20)12-32(29,30)21-22-8-9-23-21/h6-11,14H,2-5,12H2,1H3,(H,22,23)(H2,24,25,26,28). The number of urea groups is 1. The highest BCUT2D eigenvalue weighted by Gasteiger charge is 2.26. The second-order valence-electron chi connectivity index (χ2n) is 7.76. The van der Waals surface area contributed by atoms with Crippen molar-refractivity contribution in [3.8, 4) is 0 Å². The number of aromatic amines is 1. The Labute approximate surface area is 189 Å². The summed E-state index contributed by atoms with van der Waals surface area (Å²) >= 11 is 1.06. The van der Waals surface area contributed by atoms with Gasteiger partial charge < -0.3 is 10.3 Å². The summed E-state index contributed by atoms with van der Waals surface area (Å²) in [6.45, 7) is 1.91. The van der Waals surface area contributed by atoms with Gasteiger partial charge in [-0.1, -0.05) is 24.5 Å². The number of rotatable bonds is 7. The quantitative estimate of drug-likeness (QED) is 0.441. The van der Waals surface area contributed by atoms with Crippen LogP contribution in [-0.2, 0) is 15.6 Å². The number of aryl methyl sites for hydroxylation is 1. The highest BCUT2D eigenvalue weighted by molar-refractivity contribution is 7.90. The third-order valence-electron chi connectivity index (χ3n) is 5.29. The first-order chi connectivity index (χ1) is 15.3. The summed E-state index contributed by atoms with van der Waals surface area (Å²) in [4.78, 5) is 36.4. The van der Waals surface area contributed by atoms with Gasteiger partial charge in [-0.05, 0) is 31.9 Å². The monoisotopic (exact) mass is 473 g/mol. The highest BCUT2D eigenvalue weighted by atomic mass is 32.2. The Morgan fingerprint density at radius 2 is 1.97 bits per heavy atom. The van der Waals surface area contributed by atoms with Crippen LogP contribution >= 0.6 is 11.3 Å². The van der Waals surface area contributed by atoms with Crippen molar-refractivity contribution in [3.05, 3.63) is 52.8 Å². The van der Waals surface area contributed by atoms with Crippen molar-refractivity contribution in [1.82, 2.24) is 15.0 Å². The van der Waals surface area contributed by atoms with Crippen LogP contribution in [0.15, 0.2) is 41.9 Å². The minimum atomic E-state index is -3.62. The largest absolute Gasteiger partial charge is 0.336 e. The zero-order valence-corrected chi connectivity index (χ0v) is 19.1. The molecule has 0 unspecified atom stereocenters. The molecule has 0 aliphatic heterocycles. The summed E-state index contributed by atoms with van der Waals surface area (Å²) in [6.07, 6.45) is 8.06. The molecule has 3 N–H and O–H groups in total. The fourth-order valence-corrected chi connectivity index (χ4v) is 6.10. The van der Waals surface area contributed by atoms with Crippen molar-refractivity contribution in [1.29, 1.82) is 0 Å². The van der Waals surface area contributed by atoms with Crippen LogP contribution in [0.1, 0.15) is 46.5 Å². The van der Waals surface area contributed by atoms with Gasteiger partial charge in [0.1, 0.15) is 0 Å². The molecule has 4 rings (SSSR count). The summed E-state index contributed by atoms with van der Waals surface area (Å²) in [5.41, 5.74) is 1.90. The minimum Gasteiger partial charge on any atom is -0.336 e. The fourth-order valence-electron chi connectivity index (χ4n) is 3.74. The molecule has 0 radical (unpaired) electrons. The zero-order valence-electron chi connectivity index (χ0n) is 17.4. The number of anilines is 2. The summed E-state index contributed by atoms with van der Waals surface area (Å²) in [5, 5.41) is 5.48. The maximum absolute atomic E-state index is 12.9. The number of sulfone groups is 1. The number of thiazole rings is 1. The lowest BCUT2D eigenvalue weighted by Gasteiger charge is -2.14. The molecule has 1 aliphatic carbocycles. The van der Waals surface area contributed by atoms with Crippen LogP contribution in [0.25, 0.3) is 0 Å². The first kappa shape index (κ1) is 22.2. The Hall–Kier alpha value is -3.05. The Morgan fingerprint density at radius 3 is 2.69 bits per heavy atom. The van der Waals surface area contributed by atoms with Crippen molar-refractivity contribution >= 4 is 43.8 Å². The van der Waals surface area contributed by atoms with Crippen LogP contribution < -0.4 is 10.6 Å². The smallest absolute Gasteiger partial charge is 0.325 e. The van der Waals surface area contributed by atoms with Gasteiger partial charge in [-0.2, -0.15) is 0 Å². The summed E-state index contributed by atoms with van der Waals surface area (Å²) in [5.74, 6) is -0.223. The number of H-pyrrole nitrogens is 1. The van der Waals surface area contributed by atoms with Gasteiger partial charge in [0.25, 0.3) is 0 Å². The van der Waals surface area contributed by atoms with E-state index in [1.54, 1.807) is 12.1 Å². The molecule has 1 fully saturated rings. The summed E-state index contributed by atoms with van der Waals surface area (Å²) < 4.78 is 24.7. The topological polar surface area (TPSA) is 134 Å². The number of hydrogen-bond acceptors (Lipinski definition) is 7. The lowest BCUT2D eigenvalue weighted by Crippen LogP contribution is -2.22. The number of nitrogens with zero attached hydrogens (tertiary/aromatic N) is 2. The van der Waals surface area contributed by atoms with Crippen LogP contribution in [0.3, 0.4) is 0 Å². The van der Waals surface area contributed by atoms with Gasteiger partial charge in [0.15, 0.2) is 10.9 Å². The molecule has 3 aromatic rings. The van der Waals surface area contributed by atoms with E-state index in [1.165, 1.54) is 18.6 Å². The van der Waals surface area contributed by atoms with Gasteiger partial charge in [-0.3, -0.25) is 10.1 Å². The van der Waals surface area contributed by atoms with E-state index < -0.39 is 15.9 Å². The number of amides is 2. The van der Waals surface area contributed by atoms with Crippen LogP contribution in [0.4, 0.5) is 15.6 Å². The third kappa shape index (κ3) is 5.05. The molecule has 2 aromatic heterocycles. The fraction of sp³-hybridized carbons (Fsp3) is 0.333. The molecule has 0 saturated heterocycles. The van der Waals surface area contributed by atoms with E-state index >= 15 is 0 Å². The van der Waals surface area contributed by atoms with Gasteiger partial charge in [0, 0.05) is 34.9 Å². The SMILES string of the molecule is Cc1ccc(NC(=O)Nc2ncc(CS(=O)(=O)c3ncc[nH]3)s2)c(C(=O)C2CCCC2)c1. The normalized spacial score (nSPS) is 14.4. The van der Waals surface area contributed by atoms with Gasteiger partial charge in [0.05, 0.1) is 11.4 Å². The second kappa shape index (κ2) is 9.21. The van der Waals surface area contributed by atoms with E-state index in [9.17, 15) is 18.0 Å². The molecular formula is C21H23N5O4S2.